The average Bonchev–Trinajstić information content (AvgIpc) is 2.43. The zero-order valence-corrected chi connectivity index (χ0v) is 16.4. The molecule has 2 fully saturated rings. The van der Waals surface area contributed by atoms with E-state index in [1.165, 1.54) is 19.3 Å². The molecule has 0 N–H and O–H groups in total. The quantitative estimate of drug-likeness (QED) is 0.508. The Morgan fingerprint density at radius 1 is 0.429 bits per heavy atom. The van der Waals surface area contributed by atoms with E-state index < -0.39 is 0 Å². The summed E-state index contributed by atoms with van der Waals surface area (Å²) in [7, 11) is 0. The molecule has 1 saturated carbocycles. The van der Waals surface area contributed by atoms with E-state index in [9.17, 15) is 0 Å². The van der Waals surface area contributed by atoms with E-state index in [0.717, 1.165) is 13.2 Å². The van der Waals surface area contributed by atoms with Crippen molar-refractivity contribution in [3.8, 4) is 0 Å². The highest BCUT2D eigenvalue weighted by Crippen LogP contribution is 2.77. The van der Waals surface area contributed by atoms with Gasteiger partial charge < -0.3 is 4.74 Å². The Kier molecular flexibility index (Phi) is 5.02. The molecule has 2 aliphatic rings. The molecular weight excluding hydrogens is 256 g/mol. The first kappa shape index (κ1) is 19.0. The van der Waals surface area contributed by atoms with E-state index in [2.05, 4.69) is 69.2 Å². The smallest absolute Gasteiger partial charge is 0.0466 e. The molecule has 0 bridgehead atoms. The molecule has 0 aromatic carbocycles. The molecule has 126 valence electrons. The molecule has 0 aromatic heterocycles. The minimum absolute atomic E-state index is 0.354. The Morgan fingerprint density at radius 2 is 0.667 bits per heavy atom. The third kappa shape index (κ3) is 2.48. The summed E-state index contributed by atoms with van der Waals surface area (Å²) < 4.78 is 5.07. The van der Waals surface area contributed by atoms with Crippen LogP contribution >= 0.6 is 0 Å². The van der Waals surface area contributed by atoms with Crippen LogP contribution in [0.2, 0.25) is 0 Å². The minimum Gasteiger partial charge on any atom is -0.381 e. The Bertz CT molecular complexity index is 253. The molecule has 0 radical (unpaired) electrons. The van der Waals surface area contributed by atoms with E-state index >= 15 is 0 Å². The second-order valence-electron chi connectivity index (χ2n) is 9.80. The number of hydrogen-bond donors (Lipinski definition) is 0. The molecule has 1 aliphatic heterocycles. The highest BCUT2D eigenvalue weighted by molar-refractivity contribution is 5.19. The monoisotopic (exact) mass is 296 g/mol. The average molecular weight is 297 g/mol. The third-order valence-corrected chi connectivity index (χ3v) is 8.89. The molecule has 0 unspecified atom stereocenters. The Hall–Kier alpha value is -0.0400. The number of rotatable bonds is 0. The highest BCUT2D eigenvalue weighted by Gasteiger charge is 2.71. The van der Waals surface area contributed by atoms with Crippen LogP contribution in [0.15, 0.2) is 0 Å². The molecule has 2 rings (SSSR count). The van der Waals surface area contributed by atoms with Crippen molar-refractivity contribution in [2.75, 3.05) is 13.2 Å². The summed E-state index contributed by atoms with van der Waals surface area (Å²) in [6.45, 7) is 26.5. The molecule has 21 heavy (non-hydrogen) atoms. The summed E-state index contributed by atoms with van der Waals surface area (Å²) in [4.78, 5) is 0. The lowest BCUT2D eigenvalue weighted by atomic mass is 9.57. The lowest BCUT2D eigenvalue weighted by molar-refractivity contribution is 0.0135. The van der Waals surface area contributed by atoms with Gasteiger partial charge in [-0.25, -0.2) is 0 Å². The van der Waals surface area contributed by atoms with Gasteiger partial charge >= 0.3 is 0 Å². The first-order valence-electron chi connectivity index (χ1n) is 8.83. The van der Waals surface area contributed by atoms with Crippen LogP contribution in [0.5, 0.6) is 0 Å². The molecule has 0 aromatic rings. The molecule has 1 saturated heterocycles. The summed E-state index contributed by atoms with van der Waals surface area (Å²) in [5.41, 5.74) is 1.77. The van der Waals surface area contributed by atoms with Crippen LogP contribution in [0.25, 0.3) is 0 Å². The van der Waals surface area contributed by atoms with Crippen LogP contribution in [0.1, 0.15) is 88.5 Å². The van der Waals surface area contributed by atoms with Crippen LogP contribution in [0.4, 0.5) is 0 Å². The van der Waals surface area contributed by atoms with Gasteiger partial charge in [0.15, 0.2) is 0 Å². The summed E-state index contributed by atoms with van der Waals surface area (Å²) >= 11 is 0. The van der Waals surface area contributed by atoms with E-state index in [0.29, 0.717) is 27.1 Å². The van der Waals surface area contributed by atoms with Crippen molar-refractivity contribution < 1.29 is 4.74 Å². The molecule has 0 amide bonds. The standard InChI is InChI=1S/C15H30.C5H10O/c1-11(2)12(3,4)14(7,8)15(9,10)13(11,5)6;1-2-4-6-5-3-1/h1-10H3;1-5H2. The second kappa shape index (κ2) is 5.55. The topological polar surface area (TPSA) is 9.23 Å². The second-order valence-corrected chi connectivity index (χ2v) is 9.80. The van der Waals surface area contributed by atoms with E-state index in [1.54, 1.807) is 0 Å². The molecular formula is C20H40O. The van der Waals surface area contributed by atoms with Crippen LogP contribution in [-0.2, 0) is 4.74 Å². The van der Waals surface area contributed by atoms with E-state index in [1.807, 2.05) is 0 Å². The van der Waals surface area contributed by atoms with Crippen LogP contribution in [0, 0.1) is 27.1 Å². The molecule has 0 spiro atoms. The van der Waals surface area contributed by atoms with Gasteiger partial charge in [-0.05, 0) is 46.3 Å². The van der Waals surface area contributed by atoms with Gasteiger partial charge in [-0.1, -0.05) is 69.2 Å². The summed E-state index contributed by atoms with van der Waals surface area (Å²) in [5.74, 6) is 0. The number of hydrogen-bond acceptors (Lipinski definition) is 1. The summed E-state index contributed by atoms with van der Waals surface area (Å²) in [6.07, 6.45) is 3.93. The van der Waals surface area contributed by atoms with Crippen LogP contribution in [0.3, 0.4) is 0 Å². The van der Waals surface area contributed by atoms with Crippen LogP contribution in [-0.4, -0.2) is 13.2 Å². The van der Waals surface area contributed by atoms with Crippen molar-refractivity contribution >= 4 is 0 Å². The number of ether oxygens (including phenoxy) is 1. The first-order valence-corrected chi connectivity index (χ1v) is 8.83. The van der Waals surface area contributed by atoms with Crippen molar-refractivity contribution in [3.63, 3.8) is 0 Å². The third-order valence-electron chi connectivity index (χ3n) is 8.89. The Balaban J connectivity index is 0.000000304. The van der Waals surface area contributed by atoms with Gasteiger partial charge in [-0.3, -0.25) is 0 Å². The van der Waals surface area contributed by atoms with Gasteiger partial charge in [0.25, 0.3) is 0 Å². The lowest BCUT2D eigenvalue weighted by Crippen LogP contribution is -2.40. The van der Waals surface area contributed by atoms with Gasteiger partial charge in [-0.15, -0.1) is 0 Å². The zero-order valence-electron chi connectivity index (χ0n) is 16.4. The summed E-state index contributed by atoms with van der Waals surface area (Å²) in [5, 5.41) is 0. The van der Waals surface area contributed by atoms with Gasteiger partial charge in [0.05, 0.1) is 0 Å². The van der Waals surface area contributed by atoms with Crippen molar-refractivity contribution in [1.29, 1.82) is 0 Å². The SMILES string of the molecule is C1CCOCC1.CC1(C)C(C)(C)C(C)(C)C(C)(C)C1(C)C. The molecule has 1 heterocycles. The van der Waals surface area contributed by atoms with Crippen molar-refractivity contribution in [3.05, 3.63) is 0 Å². The van der Waals surface area contributed by atoms with Gasteiger partial charge in [0.2, 0.25) is 0 Å². The first-order chi connectivity index (χ1) is 9.25. The predicted octanol–water partition coefficient (Wildman–Crippen LogP) is 6.32. The van der Waals surface area contributed by atoms with Gasteiger partial charge in [0, 0.05) is 13.2 Å². The fourth-order valence-corrected chi connectivity index (χ4v) is 4.59. The van der Waals surface area contributed by atoms with E-state index in [-0.39, 0.29) is 0 Å². The molecule has 1 aliphatic carbocycles. The maximum Gasteiger partial charge on any atom is 0.0466 e. The Morgan fingerprint density at radius 3 is 0.762 bits per heavy atom. The van der Waals surface area contributed by atoms with Crippen molar-refractivity contribution in [2.24, 2.45) is 27.1 Å². The normalized spacial score (nSPS) is 31.1. The van der Waals surface area contributed by atoms with Crippen molar-refractivity contribution in [2.45, 2.75) is 88.5 Å². The summed E-state index contributed by atoms with van der Waals surface area (Å²) in [6, 6.07) is 0. The fraction of sp³-hybridized carbons (Fsp3) is 1.00. The largest absolute Gasteiger partial charge is 0.381 e. The van der Waals surface area contributed by atoms with E-state index in [4.69, 9.17) is 4.74 Å². The predicted molar refractivity (Wildman–Crippen MR) is 93.6 cm³/mol. The van der Waals surface area contributed by atoms with Crippen molar-refractivity contribution in [1.82, 2.24) is 0 Å². The fourth-order valence-electron chi connectivity index (χ4n) is 4.59. The zero-order chi connectivity index (χ0) is 16.7. The van der Waals surface area contributed by atoms with Gasteiger partial charge in [0.1, 0.15) is 0 Å². The molecule has 1 heteroatoms. The maximum absolute atomic E-state index is 5.07. The lowest BCUT2D eigenvalue weighted by Gasteiger charge is -2.47. The Labute approximate surface area is 134 Å². The molecule has 1 nitrogen and oxygen atoms in total. The molecule has 0 atom stereocenters. The highest BCUT2D eigenvalue weighted by atomic mass is 16.5. The van der Waals surface area contributed by atoms with Gasteiger partial charge in [-0.2, -0.15) is 0 Å². The van der Waals surface area contributed by atoms with Crippen LogP contribution < -0.4 is 0 Å². The maximum atomic E-state index is 5.07. The minimum atomic E-state index is 0.354.